The van der Waals surface area contributed by atoms with Gasteiger partial charge in [0.15, 0.2) is 0 Å². The van der Waals surface area contributed by atoms with E-state index >= 15 is 0 Å². The minimum Gasteiger partial charge on any atom is -0.339 e. The molecule has 0 aliphatic rings. The molecule has 0 unspecified atom stereocenters. The zero-order valence-corrected chi connectivity index (χ0v) is 11.4. The average molecular weight is 251 g/mol. The molecule has 1 aromatic carbocycles. The monoisotopic (exact) mass is 251 g/mol. The Morgan fingerprint density at radius 2 is 1.94 bits per heavy atom. The first-order valence-corrected chi connectivity index (χ1v) is 6.20. The minimum atomic E-state index is 0.00687. The molecule has 0 N–H and O–H groups in total. The molecule has 0 bridgehead atoms. The predicted octanol–water partition coefficient (Wildman–Crippen LogP) is 2.90. The van der Waals surface area contributed by atoms with Crippen LogP contribution in [0.1, 0.15) is 18.1 Å². The van der Waals surface area contributed by atoms with Crippen LogP contribution in [0.5, 0.6) is 0 Å². The maximum Gasteiger partial charge on any atom is 0.285 e. The largest absolute Gasteiger partial charge is 0.339 e. The predicted molar refractivity (Wildman–Crippen MR) is 70.5 cm³/mol. The van der Waals surface area contributed by atoms with Crippen LogP contribution in [-0.2, 0) is 11.2 Å². The van der Waals surface area contributed by atoms with Crippen LogP contribution in [-0.4, -0.2) is 30.0 Å². The summed E-state index contributed by atoms with van der Waals surface area (Å²) >= 11 is 1.21. The van der Waals surface area contributed by atoms with Crippen LogP contribution in [0.15, 0.2) is 23.1 Å². The van der Waals surface area contributed by atoms with E-state index < -0.39 is 0 Å². The smallest absolute Gasteiger partial charge is 0.285 e. The van der Waals surface area contributed by atoms with Crippen LogP contribution in [0.3, 0.4) is 0 Å². The zero-order valence-electron chi connectivity index (χ0n) is 10.6. The van der Waals surface area contributed by atoms with E-state index in [-0.39, 0.29) is 11.0 Å². The number of thioether (sulfide) groups is 1. The second kappa shape index (κ2) is 5.87. The number of benzene rings is 1. The summed E-state index contributed by atoms with van der Waals surface area (Å²) in [6.45, 7) is 3.53. The molecule has 1 aromatic rings. The highest BCUT2D eigenvalue weighted by molar-refractivity contribution is 8.13. The quantitative estimate of drug-likeness (QED) is 0.775. The summed E-state index contributed by atoms with van der Waals surface area (Å²) in [6, 6.07) is 5.77. The molecular formula is C13H17NO2S. The Balaban J connectivity index is 2.83. The van der Waals surface area contributed by atoms with Gasteiger partial charge >= 0.3 is 0 Å². The van der Waals surface area contributed by atoms with Gasteiger partial charge in [-0.25, -0.2) is 0 Å². The van der Waals surface area contributed by atoms with Crippen molar-refractivity contribution in [1.29, 1.82) is 0 Å². The van der Waals surface area contributed by atoms with Crippen LogP contribution in [0, 0.1) is 6.92 Å². The van der Waals surface area contributed by atoms with Crippen molar-refractivity contribution >= 4 is 22.8 Å². The van der Waals surface area contributed by atoms with Crippen molar-refractivity contribution in [1.82, 2.24) is 4.90 Å². The lowest BCUT2D eigenvalue weighted by atomic mass is 10.1. The van der Waals surface area contributed by atoms with E-state index in [4.69, 9.17) is 0 Å². The van der Waals surface area contributed by atoms with Gasteiger partial charge in [0.25, 0.3) is 5.24 Å². The Labute approximate surface area is 106 Å². The van der Waals surface area contributed by atoms with E-state index in [1.807, 2.05) is 25.1 Å². The third-order valence-electron chi connectivity index (χ3n) is 2.25. The Bertz CT molecular complexity index is 441. The molecule has 0 aliphatic carbocycles. The highest BCUT2D eigenvalue weighted by Gasteiger charge is 2.09. The SMILES string of the molecule is CC(=O)Cc1ccc(SC(=O)N(C)C)c(C)c1. The number of aryl methyl sites for hydroxylation is 1. The highest BCUT2D eigenvalue weighted by atomic mass is 32.2. The molecule has 17 heavy (non-hydrogen) atoms. The van der Waals surface area contributed by atoms with Crippen LogP contribution in [0.2, 0.25) is 0 Å². The first-order valence-electron chi connectivity index (χ1n) is 5.38. The van der Waals surface area contributed by atoms with Gasteiger partial charge in [-0.05, 0) is 42.8 Å². The third-order valence-corrected chi connectivity index (χ3v) is 3.47. The second-order valence-electron chi connectivity index (χ2n) is 4.24. The third kappa shape index (κ3) is 4.23. The van der Waals surface area contributed by atoms with Gasteiger partial charge in [-0.1, -0.05) is 12.1 Å². The normalized spacial score (nSPS) is 10.1. The van der Waals surface area contributed by atoms with Gasteiger partial charge in [-0.15, -0.1) is 0 Å². The summed E-state index contributed by atoms with van der Waals surface area (Å²) < 4.78 is 0. The zero-order chi connectivity index (χ0) is 13.0. The summed E-state index contributed by atoms with van der Waals surface area (Å²) in [7, 11) is 3.46. The molecule has 0 atom stereocenters. The lowest BCUT2D eigenvalue weighted by Gasteiger charge is -2.11. The summed E-state index contributed by atoms with van der Waals surface area (Å²) in [5, 5.41) is 0.00687. The number of hydrogen-bond acceptors (Lipinski definition) is 3. The number of amides is 1. The van der Waals surface area contributed by atoms with E-state index in [0.29, 0.717) is 6.42 Å². The average Bonchev–Trinajstić information content (AvgIpc) is 2.20. The molecule has 0 fully saturated rings. The van der Waals surface area contributed by atoms with Gasteiger partial charge in [0.2, 0.25) is 0 Å². The molecule has 1 amide bonds. The van der Waals surface area contributed by atoms with Gasteiger partial charge in [0.1, 0.15) is 5.78 Å². The Kier molecular flexibility index (Phi) is 4.75. The Morgan fingerprint density at radius 1 is 1.29 bits per heavy atom. The first-order chi connectivity index (χ1) is 7.90. The highest BCUT2D eigenvalue weighted by Crippen LogP contribution is 2.25. The topological polar surface area (TPSA) is 37.4 Å². The molecule has 1 rings (SSSR count). The van der Waals surface area contributed by atoms with Gasteiger partial charge in [0.05, 0.1) is 0 Å². The summed E-state index contributed by atoms with van der Waals surface area (Å²) in [4.78, 5) is 25.1. The Morgan fingerprint density at radius 3 is 2.41 bits per heavy atom. The van der Waals surface area contributed by atoms with Crippen molar-refractivity contribution in [3.8, 4) is 0 Å². The Hall–Kier alpha value is -1.29. The summed E-state index contributed by atoms with van der Waals surface area (Å²) in [6.07, 6.45) is 0.452. The van der Waals surface area contributed by atoms with Crippen LogP contribution in [0.25, 0.3) is 0 Å². The van der Waals surface area contributed by atoms with Gasteiger partial charge in [0, 0.05) is 25.4 Å². The van der Waals surface area contributed by atoms with Gasteiger partial charge in [-0.2, -0.15) is 0 Å². The van der Waals surface area contributed by atoms with Crippen molar-refractivity contribution in [2.45, 2.75) is 25.2 Å². The van der Waals surface area contributed by atoms with Crippen molar-refractivity contribution in [2.24, 2.45) is 0 Å². The number of rotatable bonds is 3. The van der Waals surface area contributed by atoms with E-state index in [9.17, 15) is 9.59 Å². The fraction of sp³-hybridized carbons (Fsp3) is 0.385. The lowest BCUT2D eigenvalue weighted by Crippen LogP contribution is -2.16. The molecule has 4 heteroatoms. The molecule has 0 aliphatic heterocycles. The first kappa shape index (κ1) is 13.8. The maximum absolute atomic E-state index is 11.6. The van der Waals surface area contributed by atoms with E-state index in [1.165, 1.54) is 11.8 Å². The lowest BCUT2D eigenvalue weighted by molar-refractivity contribution is -0.116. The molecular weight excluding hydrogens is 234 g/mol. The van der Waals surface area contributed by atoms with Gasteiger partial charge in [-0.3, -0.25) is 9.59 Å². The van der Waals surface area contributed by atoms with E-state index in [0.717, 1.165) is 16.0 Å². The molecule has 92 valence electrons. The standard InChI is InChI=1S/C13H17NO2S/c1-9-7-11(8-10(2)15)5-6-12(9)17-13(16)14(3)4/h5-7H,8H2,1-4H3. The molecule has 0 heterocycles. The number of hydrogen-bond donors (Lipinski definition) is 0. The summed E-state index contributed by atoms with van der Waals surface area (Å²) in [5.41, 5.74) is 2.03. The van der Waals surface area contributed by atoms with E-state index in [2.05, 4.69) is 0 Å². The molecule has 0 aromatic heterocycles. The van der Waals surface area contributed by atoms with Crippen LogP contribution >= 0.6 is 11.8 Å². The number of carbonyl (C=O) groups excluding carboxylic acids is 2. The number of carbonyl (C=O) groups is 2. The maximum atomic E-state index is 11.6. The number of ketones is 1. The van der Waals surface area contributed by atoms with Crippen molar-refractivity contribution < 1.29 is 9.59 Å². The molecule has 3 nitrogen and oxygen atoms in total. The van der Waals surface area contributed by atoms with Crippen LogP contribution < -0.4 is 0 Å². The van der Waals surface area contributed by atoms with Crippen molar-refractivity contribution in [3.05, 3.63) is 29.3 Å². The molecule has 0 saturated carbocycles. The summed E-state index contributed by atoms with van der Waals surface area (Å²) in [5.74, 6) is 0.147. The van der Waals surface area contributed by atoms with Crippen LogP contribution in [0.4, 0.5) is 4.79 Å². The second-order valence-corrected chi connectivity index (χ2v) is 5.23. The van der Waals surface area contributed by atoms with Crippen molar-refractivity contribution in [2.75, 3.05) is 14.1 Å². The number of nitrogens with zero attached hydrogens (tertiary/aromatic N) is 1. The van der Waals surface area contributed by atoms with E-state index in [1.54, 1.807) is 25.9 Å². The molecule has 0 saturated heterocycles. The minimum absolute atomic E-state index is 0.00687. The number of Topliss-reactive ketones (excluding diaryl/α,β-unsaturated/α-hetero) is 1. The van der Waals surface area contributed by atoms with Gasteiger partial charge < -0.3 is 4.90 Å². The molecule has 0 radical (unpaired) electrons. The fourth-order valence-electron chi connectivity index (χ4n) is 1.41. The fourth-order valence-corrected chi connectivity index (χ4v) is 2.14. The van der Waals surface area contributed by atoms with Crippen molar-refractivity contribution in [3.63, 3.8) is 0 Å². The molecule has 0 spiro atoms.